The van der Waals surface area contributed by atoms with Gasteiger partial charge in [-0.3, -0.25) is 14.2 Å². The number of halogens is 1. The SMILES string of the molecule is O=C(NCCn1ncc2c(=O)n(Cc3cccc(Cl)c3)cnc21)C1CC1. The molecule has 8 heteroatoms. The van der Waals surface area contributed by atoms with Crippen molar-refractivity contribution in [2.75, 3.05) is 6.54 Å². The van der Waals surface area contributed by atoms with Crippen LogP contribution in [0.5, 0.6) is 0 Å². The zero-order valence-corrected chi connectivity index (χ0v) is 14.8. The number of carbonyl (C=O) groups excluding carboxylic acids is 1. The second kappa shape index (κ2) is 6.92. The van der Waals surface area contributed by atoms with E-state index in [0.717, 1.165) is 18.4 Å². The largest absolute Gasteiger partial charge is 0.354 e. The second-order valence-corrected chi connectivity index (χ2v) is 6.91. The number of benzene rings is 1. The molecule has 2 heterocycles. The van der Waals surface area contributed by atoms with Crippen molar-refractivity contribution >= 4 is 28.5 Å². The van der Waals surface area contributed by atoms with Gasteiger partial charge in [0.1, 0.15) is 11.7 Å². The number of rotatable bonds is 6. The third-order valence-corrected chi connectivity index (χ3v) is 4.67. The Morgan fingerprint density at radius 3 is 2.96 bits per heavy atom. The van der Waals surface area contributed by atoms with Crippen molar-refractivity contribution < 1.29 is 4.79 Å². The highest BCUT2D eigenvalue weighted by Gasteiger charge is 2.29. The van der Waals surface area contributed by atoms with Gasteiger partial charge in [-0.1, -0.05) is 23.7 Å². The van der Waals surface area contributed by atoms with Gasteiger partial charge < -0.3 is 5.32 Å². The highest BCUT2D eigenvalue weighted by atomic mass is 35.5. The quantitative estimate of drug-likeness (QED) is 0.716. The van der Waals surface area contributed by atoms with Crippen LogP contribution >= 0.6 is 11.6 Å². The van der Waals surface area contributed by atoms with E-state index < -0.39 is 0 Å². The third kappa shape index (κ3) is 3.48. The summed E-state index contributed by atoms with van der Waals surface area (Å²) in [6, 6.07) is 7.38. The Bertz CT molecular complexity index is 1020. The van der Waals surface area contributed by atoms with Gasteiger partial charge in [-0.15, -0.1) is 0 Å². The van der Waals surface area contributed by atoms with Crippen LogP contribution in [0.2, 0.25) is 5.02 Å². The fourth-order valence-corrected chi connectivity index (χ4v) is 3.09. The molecule has 7 nitrogen and oxygen atoms in total. The van der Waals surface area contributed by atoms with Crippen LogP contribution in [0.15, 0.2) is 41.6 Å². The molecule has 0 saturated heterocycles. The standard InChI is InChI=1S/C18H18ClN5O2/c19-14-3-1-2-12(8-14)10-23-11-21-16-15(18(23)26)9-22-24(16)7-6-20-17(25)13-4-5-13/h1-3,8-9,11,13H,4-7,10H2,(H,20,25). The molecule has 0 bridgehead atoms. The third-order valence-electron chi connectivity index (χ3n) is 4.44. The normalized spacial score (nSPS) is 13.9. The fraction of sp³-hybridized carbons (Fsp3) is 0.333. The van der Waals surface area contributed by atoms with E-state index in [-0.39, 0.29) is 17.4 Å². The summed E-state index contributed by atoms with van der Waals surface area (Å²) in [5.41, 5.74) is 1.30. The van der Waals surface area contributed by atoms with Crippen LogP contribution < -0.4 is 10.9 Å². The zero-order valence-electron chi connectivity index (χ0n) is 14.1. The van der Waals surface area contributed by atoms with Gasteiger partial charge in [0.15, 0.2) is 5.65 Å². The molecular weight excluding hydrogens is 354 g/mol. The van der Waals surface area contributed by atoms with Crippen molar-refractivity contribution in [1.29, 1.82) is 0 Å². The van der Waals surface area contributed by atoms with Crippen molar-refractivity contribution in [1.82, 2.24) is 24.6 Å². The maximum absolute atomic E-state index is 12.7. The summed E-state index contributed by atoms with van der Waals surface area (Å²) in [5.74, 6) is 0.277. The van der Waals surface area contributed by atoms with Crippen molar-refractivity contribution in [3.63, 3.8) is 0 Å². The lowest BCUT2D eigenvalue weighted by atomic mass is 10.2. The first kappa shape index (κ1) is 16.8. The Hall–Kier alpha value is -2.67. The van der Waals surface area contributed by atoms with E-state index >= 15 is 0 Å². The minimum absolute atomic E-state index is 0.0956. The molecule has 134 valence electrons. The molecule has 4 rings (SSSR count). The average molecular weight is 372 g/mol. The molecule has 1 fully saturated rings. The van der Waals surface area contributed by atoms with Crippen molar-refractivity contribution in [2.24, 2.45) is 5.92 Å². The molecule has 0 atom stereocenters. The van der Waals surface area contributed by atoms with Crippen LogP contribution in [0, 0.1) is 5.92 Å². The molecule has 1 N–H and O–H groups in total. The summed E-state index contributed by atoms with van der Waals surface area (Å²) >= 11 is 6.00. The van der Waals surface area contributed by atoms with Gasteiger partial charge in [-0.2, -0.15) is 5.10 Å². The molecule has 1 saturated carbocycles. The summed E-state index contributed by atoms with van der Waals surface area (Å²) in [6.07, 6.45) is 5.00. The molecule has 26 heavy (non-hydrogen) atoms. The summed E-state index contributed by atoms with van der Waals surface area (Å²) in [5, 5.41) is 8.22. The lowest BCUT2D eigenvalue weighted by Crippen LogP contribution is -2.28. The Morgan fingerprint density at radius 1 is 1.35 bits per heavy atom. The van der Waals surface area contributed by atoms with Gasteiger partial charge >= 0.3 is 0 Å². The lowest BCUT2D eigenvalue weighted by molar-refractivity contribution is -0.122. The van der Waals surface area contributed by atoms with E-state index in [0.29, 0.717) is 35.7 Å². The van der Waals surface area contributed by atoms with E-state index in [1.807, 2.05) is 18.2 Å². The number of hydrogen-bond acceptors (Lipinski definition) is 4. The van der Waals surface area contributed by atoms with Crippen molar-refractivity contribution in [2.45, 2.75) is 25.9 Å². The number of fused-ring (bicyclic) bond motifs is 1. The first-order valence-corrected chi connectivity index (χ1v) is 8.93. The first-order chi connectivity index (χ1) is 12.6. The zero-order chi connectivity index (χ0) is 18.1. The van der Waals surface area contributed by atoms with Gasteiger partial charge in [-0.05, 0) is 30.5 Å². The Morgan fingerprint density at radius 2 is 2.19 bits per heavy atom. The number of hydrogen-bond donors (Lipinski definition) is 1. The topological polar surface area (TPSA) is 81.8 Å². The summed E-state index contributed by atoms with van der Waals surface area (Å²) in [6.45, 7) is 1.34. The van der Waals surface area contributed by atoms with Crippen LogP contribution in [0.25, 0.3) is 11.0 Å². The molecule has 0 aliphatic heterocycles. The number of nitrogens with one attached hydrogen (secondary N) is 1. The van der Waals surface area contributed by atoms with Gasteiger partial charge in [-0.25, -0.2) is 9.67 Å². The Balaban J connectivity index is 1.51. The monoisotopic (exact) mass is 371 g/mol. The minimum Gasteiger partial charge on any atom is -0.354 e. The maximum atomic E-state index is 12.7. The average Bonchev–Trinajstić information content (AvgIpc) is 3.39. The molecular formula is C18H18ClN5O2. The number of carbonyl (C=O) groups is 1. The van der Waals surface area contributed by atoms with Crippen LogP contribution in [0.1, 0.15) is 18.4 Å². The van der Waals surface area contributed by atoms with Crippen molar-refractivity contribution in [3.05, 3.63) is 57.7 Å². The predicted octanol–water partition coefficient (Wildman–Crippen LogP) is 1.82. The summed E-state index contributed by atoms with van der Waals surface area (Å²) in [4.78, 5) is 28.7. The predicted molar refractivity (Wildman–Crippen MR) is 98.1 cm³/mol. The Kier molecular flexibility index (Phi) is 4.46. The summed E-state index contributed by atoms with van der Waals surface area (Å²) in [7, 11) is 0. The van der Waals surface area contributed by atoms with E-state index in [2.05, 4.69) is 15.4 Å². The molecule has 1 amide bonds. The van der Waals surface area contributed by atoms with E-state index in [1.165, 1.54) is 17.1 Å². The highest BCUT2D eigenvalue weighted by Crippen LogP contribution is 2.28. The maximum Gasteiger partial charge on any atom is 0.264 e. The van der Waals surface area contributed by atoms with Gasteiger partial charge in [0, 0.05) is 17.5 Å². The molecule has 0 unspecified atom stereocenters. The fourth-order valence-electron chi connectivity index (χ4n) is 2.88. The Labute approximate surface area is 154 Å². The van der Waals surface area contributed by atoms with Crippen LogP contribution in [0.3, 0.4) is 0 Å². The lowest BCUT2D eigenvalue weighted by Gasteiger charge is -2.07. The van der Waals surface area contributed by atoms with Crippen LogP contribution in [-0.2, 0) is 17.9 Å². The minimum atomic E-state index is -0.150. The first-order valence-electron chi connectivity index (χ1n) is 8.55. The molecule has 1 aliphatic rings. The number of nitrogens with zero attached hydrogens (tertiary/aromatic N) is 4. The summed E-state index contributed by atoms with van der Waals surface area (Å²) < 4.78 is 3.18. The molecule has 2 aromatic heterocycles. The molecule has 3 aromatic rings. The smallest absolute Gasteiger partial charge is 0.264 e. The van der Waals surface area contributed by atoms with Crippen molar-refractivity contribution in [3.8, 4) is 0 Å². The van der Waals surface area contributed by atoms with E-state index in [1.54, 1.807) is 10.7 Å². The van der Waals surface area contributed by atoms with Gasteiger partial charge in [0.2, 0.25) is 5.91 Å². The molecule has 1 aromatic carbocycles. The molecule has 0 radical (unpaired) electrons. The van der Waals surface area contributed by atoms with Gasteiger partial charge in [0.25, 0.3) is 5.56 Å². The molecule has 0 spiro atoms. The number of aromatic nitrogens is 4. The second-order valence-electron chi connectivity index (χ2n) is 6.48. The number of amides is 1. The van der Waals surface area contributed by atoms with E-state index in [9.17, 15) is 9.59 Å². The van der Waals surface area contributed by atoms with Crippen LogP contribution in [-0.4, -0.2) is 31.8 Å². The molecule has 1 aliphatic carbocycles. The highest BCUT2D eigenvalue weighted by molar-refractivity contribution is 6.30. The van der Waals surface area contributed by atoms with Crippen LogP contribution in [0.4, 0.5) is 0 Å². The van der Waals surface area contributed by atoms with E-state index in [4.69, 9.17) is 11.6 Å². The van der Waals surface area contributed by atoms with Gasteiger partial charge in [0.05, 0.1) is 19.3 Å².